The maximum atomic E-state index is 13.6. The number of halogens is 2. The molecule has 0 spiro atoms. The lowest BCUT2D eigenvalue weighted by Crippen LogP contribution is -2.08. The monoisotopic (exact) mass is 284 g/mol. The van der Waals surface area contributed by atoms with Gasteiger partial charge in [0.1, 0.15) is 5.03 Å². The number of aromatic nitrogens is 3. The van der Waals surface area contributed by atoms with E-state index >= 15 is 0 Å². The van der Waals surface area contributed by atoms with E-state index in [1.165, 1.54) is 13.1 Å². The molecule has 0 saturated carbocycles. The van der Waals surface area contributed by atoms with Crippen LogP contribution < -0.4 is 10.9 Å². The van der Waals surface area contributed by atoms with Crippen LogP contribution in [-0.2, 0) is 0 Å². The molecule has 8 heteroatoms. The van der Waals surface area contributed by atoms with Gasteiger partial charge in [0, 0.05) is 24.9 Å². The Bertz CT molecular complexity index is 674. The molecule has 0 amide bonds. The number of rotatable bonds is 3. The predicted octanol–water partition coefficient (Wildman–Crippen LogP) is 1.94. The van der Waals surface area contributed by atoms with Crippen LogP contribution in [0.15, 0.2) is 27.1 Å². The fourth-order valence-corrected chi connectivity index (χ4v) is 2.21. The largest absolute Gasteiger partial charge is 0.371 e. The number of anilines is 1. The summed E-state index contributed by atoms with van der Waals surface area (Å²) >= 11 is 0.821. The highest BCUT2D eigenvalue weighted by atomic mass is 32.2. The van der Waals surface area contributed by atoms with Gasteiger partial charge in [-0.05, 0) is 18.7 Å². The average Bonchev–Trinajstić information content (AvgIpc) is 2.31. The first-order valence-corrected chi connectivity index (χ1v) is 6.11. The summed E-state index contributed by atoms with van der Waals surface area (Å²) in [6.07, 6.45) is 0. The number of aromatic amines is 1. The first-order chi connectivity index (χ1) is 8.99. The van der Waals surface area contributed by atoms with Gasteiger partial charge in [0.15, 0.2) is 22.6 Å². The molecule has 2 rings (SSSR count). The van der Waals surface area contributed by atoms with Crippen LogP contribution >= 0.6 is 11.8 Å². The lowest BCUT2D eigenvalue weighted by Gasteiger charge is -2.06. The highest BCUT2D eigenvalue weighted by Crippen LogP contribution is 2.27. The summed E-state index contributed by atoms with van der Waals surface area (Å²) in [4.78, 5) is 21.5. The van der Waals surface area contributed by atoms with Crippen molar-refractivity contribution in [3.8, 4) is 0 Å². The van der Waals surface area contributed by atoms with Crippen molar-refractivity contribution in [1.29, 1.82) is 0 Å². The molecular weight excluding hydrogens is 274 g/mol. The quantitative estimate of drug-likeness (QED) is 0.843. The minimum atomic E-state index is -0.814. The Morgan fingerprint density at radius 1 is 1.26 bits per heavy atom. The molecule has 19 heavy (non-hydrogen) atoms. The smallest absolute Gasteiger partial charge is 0.251 e. The van der Waals surface area contributed by atoms with Crippen LogP contribution in [0.4, 0.5) is 14.6 Å². The zero-order valence-corrected chi connectivity index (χ0v) is 10.9. The van der Waals surface area contributed by atoms with E-state index in [-0.39, 0.29) is 21.6 Å². The normalized spacial score (nSPS) is 10.5. The number of hydrogen-bond donors (Lipinski definition) is 2. The summed E-state index contributed by atoms with van der Waals surface area (Å²) < 4.78 is 26.8. The molecule has 0 aliphatic heterocycles. The summed E-state index contributed by atoms with van der Waals surface area (Å²) in [5.41, 5.74) is 0.161. The maximum absolute atomic E-state index is 13.6. The molecular formula is C11H10F2N4OS. The van der Waals surface area contributed by atoms with E-state index in [1.807, 2.05) is 0 Å². The third-order valence-electron chi connectivity index (χ3n) is 2.18. The number of aryl methyl sites for hydroxylation is 1. The number of hydrogen-bond acceptors (Lipinski definition) is 5. The summed E-state index contributed by atoms with van der Waals surface area (Å²) in [5, 5.41) is 2.64. The van der Waals surface area contributed by atoms with Crippen molar-refractivity contribution in [3.63, 3.8) is 0 Å². The van der Waals surface area contributed by atoms with E-state index in [4.69, 9.17) is 0 Å². The van der Waals surface area contributed by atoms with Crippen molar-refractivity contribution in [3.05, 3.63) is 39.8 Å². The Morgan fingerprint density at radius 2 is 2.00 bits per heavy atom. The average molecular weight is 284 g/mol. The van der Waals surface area contributed by atoms with Gasteiger partial charge >= 0.3 is 0 Å². The van der Waals surface area contributed by atoms with Crippen molar-refractivity contribution in [2.75, 3.05) is 12.4 Å². The molecule has 0 aromatic carbocycles. The second-order valence-corrected chi connectivity index (χ2v) is 4.63. The summed E-state index contributed by atoms with van der Waals surface area (Å²) in [6.45, 7) is 1.65. The van der Waals surface area contributed by atoms with E-state index in [0.29, 0.717) is 5.69 Å². The standard InChI is InChI=1S/C11H10F2N4OS/c1-5-3-8(18)16-11(15-5)19-10-7(13)4-6(12)9(14-2)17-10/h3-4H,1-2H3,(H,14,17)(H,15,16,18). The lowest BCUT2D eigenvalue weighted by molar-refractivity contribution is 0.551. The lowest BCUT2D eigenvalue weighted by atomic mass is 10.4. The minimum Gasteiger partial charge on any atom is -0.371 e. The fourth-order valence-electron chi connectivity index (χ4n) is 1.39. The summed E-state index contributed by atoms with van der Waals surface area (Å²) in [5.74, 6) is -1.67. The molecule has 0 fully saturated rings. The van der Waals surface area contributed by atoms with Gasteiger partial charge < -0.3 is 10.3 Å². The van der Waals surface area contributed by atoms with Crippen molar-refractivity contribution in [2.45, 2.75) is 17.1 Å². The predicted molar refractivity (Wildman–Crippen MR) is 67.4 cm³/mol. The van der Waals surface area contributed by atoms with Gasteiger partial charge in [-0.25, -0.2) is 18.7 Å². The van der Waals surface area contributed by atoms with Crippen LogP contribution in [0.2, 0.25) is 0 Å². The molecule has 5 nitrogen and oxygen atoms in total. The number of nitrogens with one attached hydrogen (secondary N) is 2. The number of H-pyrrole nitrogens is 1. The SMILES string of the molecule is CNc1nc(Sc2nc(C)cc(=O)[nH]2)c(F)cc1F. The van der Waals surface area contributed by atoms with Crippen molar-refractivity contribution >= 4 is 17.6 Å². The molecule has 0 aliphatic carbocycles. The van der Waals surface area contributed by atoms with E-state index in [0.717, 1.165) is 17.8 Å². The molecule has 0 aliphatic rings. The first-order valence-electron chi connectivity index (χ1n) is 5.29. The Hall–Kier alpha value is -1.96. The topological polar surface area (TPSA) is 70.7 Å². The molecule has 100 valence electrons. The third-order valence-corrected chi connectivity index (χ3v) is 3.04. The molecule has 2 aromatic heterocycles. The van der Waals surface area contributed by atoms with Crippen LogP contribution in [-0.4, -0.2) is 22.0 Å². The van der Waals surface area contributed by atoms with Crippen LogP contribution in [0.3, 0.4) is 0 Å². The van der Waals surface area contributed by atoms with E-state index in [1.54, 1.807) is 6.92 Å². The number of nitrogens with zero attached hydrogens (tertiary/aromatic N) is 2. The zero-order chi connectivity index (χ0) is 14.0. The van der Waals surface area contributed by atoms with E-state index < -0.39 is 11.6 Å². The van der Waals surface area contributed by atoms with Crippen molar-refractivity contribution in [1.82, 2.24) is 15.0 Å². The first kappa shape index (κ1) is 13.5. The van der Waals surface area contributed by atoms with Gasteiger partial charge in [-0.2, -0.15) is 0 Å². The Labute approximate surface area is 111 Å². The molecule has 0 saturated heterocycles. The van der Waals surface area contributed by atoms with E-state index in [2.05, 4.69) is 20.3 Å². The Balaban J connectivity index is 2.40. The second-order valence-electron chi connectivity index (χ2n) is 3.65. The van der Waals surface area contributed by atoms with Crippen molar-refractivity contribution in [2.24, 2.45) is 0 Å². The van der Waals surface area contributed by atoms with Gasteiger partial charge in [-0.15, -0.1) is 0 Å². The zero-order valence-electron chi connectivity index (χ0n) is 10.1. The van der Waals surface area contributed by atoms with Gasteiger partial charge in [0.25, 0.3) is 5.56 Å². The Morgan fingerprint density at radius 3 is 2.63 bits per heavy atom. The molecule has 2 aromatic rings. The van der Waals surface area contributed by atoms with Crippen LogP contribution in [0, 0.1) is 18.6 Å². The molecule has 2 N–H and O–H groups in total. The van der Waals surface area contributed by atoms with Crippen LogP contribution in [0.1, 0.15) is 5.69 Å². The van der Waals surface area contributed by atoms with Gasteiger partial charge in [0.2, 0.25) is 0 Å². The van der Waals surface area contributed by atoms with Gasteiger partial charge in [0.05, 0.1) is 0 Å². The minimum absolute atomic E-state index is 0.0699. The van der Waals surface area contributed by atoms with Crippen molar-refractivity contribution < 1.29 is 8.78 Å². The Kier molecular flexibility index (Phi) is 3.79. The summed E-state index contributed by atoms with van der Waals surface area (Å²) in [7, 11) is 1.48. The summed E-state index contributed by atoms with van der Waals surface area (Å²) in [6, 6.07) is 2.05. The highest BCUT2D eigenvalue weighted by molar-refractivity contribution is 7.99. The van der Waals surface area contributed by atoms with Crippen LogP contribution in [0.5, 0.6) is 0 Å². The van der Waals surface area contributed by atoms with E-state index in [9.17, 15) is 13.6 Å². The molecule has 0 radical (unpaired) electrons. The van der Waals surface area contributed by atoms with Gasteiger partial charge in [-0.3, -0.25) is 4.79 Å². The maximum Gasteiger partial charge on any atom is 0.251 e. The fraction of sp³-hybridized carbons (Fsp3) is 0.182. The second kappa shape index (κ2) is 5.35. The third kappa shape index (κ3) is 3.08. The molecule has 0 atom stereocenters. The molecule has 0 unspecified atom stereocenters. The van der Waals surface area contributed by atoms with Gasteiger partial charge in [-0.1, -0.05) is 0 Å². The number of pyridine rings is 1. The molecule has 2 heterocycles. The van der Waals surface area contributed by atoms with Crippen LogP contribution in [0.25, 0.3) is 0 Å². The molecule has 0 bridgehead atoms. The highest BCUT2D eigenvalue weighted by Gasteiger charge is 2.13.